The third-order valence-electron chi connectivity index (χ3n) is 4.67. The fourth-order valence-corrected chi connectivity index (χ4v) is 3.58. The molecule has 1 N–H and O–H groups in total. The lowest BCUT2D eigenvalue weighted by Crippen LogP contribution is -2.46. The van der Waals surface area contributed by atoms with E-state index in [2.05, 4.69) is 33.0 Å². The molecule has 1 rings (SSSR count). The highest BCUT2D eigenvalue weighted by Crippen LogP contribution is 2.31. The Morgan fingerprint density at radius 1 is 1.00 bits per heavy atom. The second-order valence-corrected chi connectivity index (χ2v) is 6.59. The van der Waals surface area contributed by atoms with Crippen LogP contribution in [0.2, 0.25) is 0 Å². The van der Waals surface area contributed by atoms with Crippen LogP contribution in [-0.4, -0.2) is 12.1 Å². The highest BCUT2D eigenvalue weighted by atomic mass is 15.0. The summed E-state index contributed by atoms with van der Waals surface area (Å²) in [5.41, 5.74) is 0. The lowest BCUT2D eigenvalue weighted by atomic mass is 9.77. The van der Waals surface area contributed by atoms with E-state index in [1.807, 2.05) is 0 Å². The standard InChI is InChI=1S/C17H35N/c1-5-7-11-15(10-6-2)18-17-13-9-8-12-16(17)14(3)4/h14-18H,5-13H2,1-4H3. The summed E-state index contributed by atoms with van der Waals surface area (Å²) in [6, 6.07) is 1.58. The minimum atomic E-state index is 0.777. The molecule has 0 saturated heterocycles. The molecule has 1 fully saturated rings. The molecule has 0 radical (unpaired) electrons. The molecule has 0 heterocycles. The van der Waals surface area contributed by atoms with Crippen LogP contribution in [-0.2, 0) is 0 Å². The summed E-state index contributed by atoms with van der Waals surface area (Å²) in [4.78, 5) is 0. The predicted molar refractivity (Wildman–Crippen MR) is 81.9 cm³/mol. The number of nitrogens with one attached hydrogen (secondary N) is 1. The van der Waals surface area contributed by atoms with E-state index in [0.29, 0.717) is 0 Å². The lowest BCUT2D eigenvalue weighted by Gasteiger charge is -2.37. The predicted octanol–water partition coefficient (Wildman–Crippen LogP) is 5.15. The normalized spacial score (nSPS) is 26.5. The van der Waals surface area contributed by atoms with Crippen molar-refractivity contribution in [1.82, 2.24) is 5.32 Å². The molecule has 0 aromatic carbocycles. The van der Waals surface area contributed by atoms with Gasteiger partial charge in [0.05, 0.1) is 0 Å². The van der Waals surface area contributed by atoms with E-state index in [0.717, 1.165) is 23.9 Å². The van der Waals surface area contributed by atoms with Crippen LogP contribution in [0.5, 0.6) is 0 Å². The fraction of sp³-hybridized carbons (Fsp3) is 1.00. The van der Waals surface area contributed by atoms with Crippen molar-refractivity contribution in [2.45, 2.75) is 97.6 Å². The second-order valence-electron chi connectivity index (χ2n) is 6.59. The smallest absolute Gasteiger partial charge is 0.0100 e. The van der Waals surface area contributed by atoms with Gasteiger partial charge in [0.1, 0.15) is 0 Å². The highest BCUT2D eigenvalue weighted by molar-refractivity contribution is 4.85. The van der Waals surface area contributed by atoms with Gasteiger partial charge in [-0.15, -0.1) is 0 Å². The van der Waals surface area contributed by atoms with Crippen molar-refractivity contribution < 1.29 is 0 Å². The Hall–Kier alpha value is -0.0400. The van der Waals surface area contributed by atoms with Gasteiger partial charge >= 0.3 is 0 Å². The molecule has 0 aromatic heterocycles. The molecule has 1 aliphatic carbocycles. The average Bonchev–Trinajstić information content (AvgIpc) is 2.36. The Bertz CT molecular complexity index is 200. The Labute approximate surface area is 115 Å². The van der Waals surface area contributed by atoms with E-state index >= 15 is 0 Å². The SMILES string of the molecule is CCCCC(CCC)NC1CCCCC1C(C)C. The van der Waals surface area contributed by atoms with E-state index < -0.39 is 0 Å². The second kappa shape index (κ2) is 8.96. The van der Waals surface area contributed by atoms with Crippen molar-refractivity contribution >= 4 is 0 Å². The molecule has 108 valence electrons. The molecular weight excluding hydrogens is 218 g/mol. The van der Waals surface area contributed by atoms with Crippen molar-refractivity contribution in [2.24, 2.45) is 11.8 Å². The van der Waals surface area contributed by atoms with Gasteiger partial charge in [-0.05, 0) is 37.5 Å². The van der Waals surface area contributed by atoms with Gasteiger partial charge in [-0.1, -0.05) is 59.8 Å². The topological polar surface area (TPSA) is 12.0 Å². The summed E-state index contributed by atoms with van der Waals surface area (Å²) in [5, 5.41) is 4.02. The van der Waals surface area contributed by atoms with Gasteiger partial charge in [0.2, 0.25) is 0 Å². The van der Waals surface area contributed by atoms with Gasteiger partial charge in [-0.3, -0.25) is 0 Å². The number of unbranched alkanes of at least 4 members (excludes halogenated alkanes) is 1. The molecule has 0 aromatic rings. The van der Waals surface area contributed by atoms with E-state index in [9.17, 15) is 0 Å². The van der Waals surface area contributed by atoms with Crippen molar-refractivity contribution in [3.05, 3.63) is 0 Å². The van der Waals surface area contributed by atoms with Crippen molar-refractivity contribution in [2.75, 3.05) is 0 Å². The Morgan fingerprint density at radius 3 is 2.33 bits per heavy atom. The van der Waals surface area contributed by atoms with E-state index in [1.54, 1.807) is 0 Å². The van der Waals surface area contributed by atoms with Crippen molar-refractivity contribution in [3.63, 3.8) is 0 Å². The van der Waals surface area contributed by atoms with Crippen LogP contribution in [0.15, 0.2) is 0 Å². The zero-order valence-electron chi connectivity index (χ0n) is 13.2. The molecule has 3 atom stereocenters. The molecule has 1 heteroatoms. The molecule has 0 spiro atoms. The van der Waals surface area contributed by atoms with Crippen molar-refractivity contribution in [1.29, 1.82) is 0 Å². The Balaban J connectivity index is 2.48. The minimum Gasteiger partial charge on any atom is -0.311 e. The first-order chi connectivity index (χ1) is 8.69. The summed E-state index contributed by atoms with van der Waals surface area (Å²) in [5.74, 6) is 1.76. The number of hydrogen-bond donors (Lipinski definition) is 1. The van der Waals surface area contributed by atoms with Gasteiger partial charge in [-0.25, -0.2) is 0 Å². The van der Waals surface area contributed by atoms with Crippen LogP contribution in [0.3, 0.4) is 0 Å². The minimum absolute atomic E-state index is 0.777. The Morgan fingerprint density at radius 2 is 1.72 bits per heavy atom. The Kier molecular flexibility index (Phi) is 7.97. The van der Waals surface area contributed by atoms with Gasteiger partial charge in [0.15, 0.2) is 0 Å². The molecule has 0 amide bonds. The summed E-state index contributed by atoms with van der Waals surface area (Å²) < 4.78 is 0. The molecule has 0 aliphatic heterocycles. The van der Waals surface area contributed by atoms with Crippen molar-refractivity contribution in [3.8, 4) is 0 Å². The van der Waals surface area contributed by atoms with Gasteiger partial charge < -0.3 is 5.32 Å². The highest BCUT2D eigenvalue weighted by Gasteiger charge is 2.28. The van der Waals surface area contributed by atoms with Gasteiger partial charge in [0, 0.05) is 12.1 Å². The third kappa shape index (κ3) is 5.30. The maximum absolute atomic E-state index is 4.02. The zero-order chi connectivity index (χ0) is 13.4. The van der Waals surface area contributed by atoms with Crippen LogP contribution in [0.25, 0.3) is 0 Å². The molecule has 1 aliphatic rings. The quantitative estimate of drug-likeness (QED) is 0.631. The van der Waals surface area contributed by atoms with Gasteiger partial charge in [-0.2, -0.15) is 0 Å². The van der Waals surface area contributed by atoms with E-state index in [4.69, 9.17) is 0 Å². The maximum atomic E-state index is 4.02. The van der Waals surface area contributed by atoms with Crippen LogP contribution in [0.1, 0.15) is 85.5 Å². The average molecular weight is 253 g/mol. The third-order valence-corrected chi connectivity index (χ3v) is 4.67. The van der Waals surface area contributed by atoms with Gasteiger partial charge in [0.25, 0.3) is 0 Å². The summed E-state index contributed by atoms with van der Waals surface area (Å²) in [6.07, 6.45) is 12.5. The largest absolute Gasteiger partial charge is 0.311 e. The molecule has 1 saturated carbocycles. The van der Waals surface area contributed by atoms with Crippen LogP contribution in [0, 0.1) is 11.8 Å². The number of rotatable bonds is 8. The monoisotopic (exact) mass is 253 g/mol. The van der Waals surface area contributed by atoms with Crippen LogP contribution >= 0.6 is 0 Å². The summed E-state index contributed by atoms with van der Waals surface area (Å²) in [7, 11) is 0. The summed E-state index contributed by atoms with van der Waals surface area (Å²) in [6.45, 7) is 9.44. The van der Waals surface area contributed by atoms with E-state index in [-0.39, 0.29) is 0 Å². The lowest BCUT2D eigenvalue weighted by molar-refractivity contribution is 0.186. The van der Waals surface area contributed by atoms with E-state index in [1.165, 1.54) is 57.8 Å². The molecule has 1 nitrogen and oxygen atoms in total. The first kappa shape index (κ1) is 16.0. The molecule has 3 unspecified atom stereocenters. The first-order valence-corrected chi connectivity index (χ1v) is 8.45. The fourth-order valence-electron chi connectivity index (χ4n) is 3.58. The first-order valence-electron chi connectivity index (χ1n) is 8.45. The molecular formula is C17H35N. The van der Waals surface area contributed by atoms with Crippen LogP contribution in [0.4, 0.5) is 0 Å². The molecule has 0 bridgehead atoms. The molecule has 18 heavy (non-hydrogen) atoms. The maximum Gasteiger partial charge on any atom is 0.0100 e. The zero-order valence-corrected chi connectivity index (χ0v) is 13.2. The van der Waals surface area contributed by atoms with Crippen LogP contribution < -0.4 is 5.32 Å². The number of hydrogen-bond acceptors (Lipinski definition) is 1. The summed E-state index contributed by atoms with van der Waals surface area (Å²) >= 11 is 0.